The first kappa shape index (κ1) is 10.4. The number of aliphatic hydroxyl groups excluding tert-OH is 1. The van der Waals surface area contributed by atoms with Gasteiger partial charge in [-0.15, -0.1) is 0 Å². The predicted octanol–water partition coefficient (Wildman–Crippen LogP) is 1.30. The number of nitrogens with one attached hydrogen (secondary N) is 1. The lowest BCUT2D eigenvalue weighted by Gasteiger charge is -2.08. The van der Waals surface area contributed by atoms with Crippen molar-refractivity contribution in [3.63, 3.8) is 0 Å². The number of aryl methyl sites for hydroxylation is 1. The molecule has 0 fully saturated rings. The third kappa shape index (κ3) is 1.45. The number of benzene rings is 1. The maximum absolute atomic E-state index is 11.3. The molecule has 0 spiro atoms. The number of ether oxygens (including phenoxy) is 1. The summed E-state index contributed by atoms with van der Waals surface area (Å²) in [6.07, 6.45) is 0. The van der Waals surface area contributed by atoms with E-state index in [1.54, 1.807) is 6.07 Å². The quantitative estimate of drug-likeness (QED) is 0.777. The molecule has 0 amide bonds. The molecule has 3 rings (SSSR count). The Hall–Kier alpha value is -1.81. The van der Waals surface area contributed by atoms with Crippen LogP contribution in [0.5, 0.6) is 5.75 Å². The normalized spacial score (nSPS) is 18.1. The second-order valence-corrected chi connectivity index (χ2v) is 4.41. The van der Waals surface area contributed by atoms with E-state index in [9.17, 15) is 9.90 Å². The van der Waals surface area contributed by atoms with E-state index in [4.69, 9.17) is 4.74 Å². The lowest BCUT2D eigenvalue weighted by molar-refractivity contribution is 0.232. The van der Waals surface area contributed by atoms with E-state index in [1.807, 2.05) is 13.0 Å². The third-order valence-corrected chi connectivity index (χ3v) is 3.28. The molecule has 1 aliphatic heterocycles. The van der Waals surface area contributed by atoms with Crippen LogP contribution >= 0.6 is 0 Å². The van der Waals surface area contributed by atoms with Crippen LogP contribution in [0.15, 0.2) is 23.0 Å². The standard InChI is InChI=1S/C13H13NO3/c1-7-4-10-8(5-15)6-17-13(10)9-2-3-11(16)14-12(7)9/h2-4,8,15H,5-6H2,1H3,(H,14,16). The zero-order valence-corrected chi connectivity index (χ0v) is 9.49. The summed E-state index contributed by atoms with van der Waals surface area (Å²) in [6.45, 7) is 2.54. The summed E-state index contributed by atoms with van der Waals surface area (Å²) in [5.41, 5.74) is 2.73. The van der Waals surface area contributed by atoms with Crippen molar-refractivity contribution in [1.29, 1.82) is 0 Å². The van der Waals surface area contributed by atoms with Crippen LogP contribution in [-0.2, 0) is 0 Å². The van der Waals surface area contributed by atoms with Crippen LogP contribution in [0, 0.1) is 6.92 Å². The van der Waals surface area contributed by atoms with Gasteiger partial charge in [0, 0.05) is 22.9 Å². The van der Waals surface area contributed by atoms with E-state index in [1.165, 1.54) is 6.07 Å². The van der Waals surface area contributed by atoms with Crippen LogP contribution < -0.4 is 10.3 Å². The van der Waals surface area contributed by atoms with Gasteiger partial charge in [0.2, 0.25) is 5.56 Å². The number of H-pyrrole nitrogens is 1. The number of aromatic nitrogens is 1. The van der Waals surface area contributed by atoms with E-state index < -0.39 is 0 Å². The van der Waals surface area contributed by atoms with Crippen molar-refractivity contribution < 1.29 is 9.84 Å². The van der Waals surface area contributed by atoms with Crippen molar-refractivity contribution in [2.75, 3.05) is 13.2 Å². The maximum Gasteiger partial charge on any atom is 0.248 e. The molecular weight excluding hydrogens is 218 g/mol. The highest BCUT2D eigenvalue weighted by Crippen LogP contribution is 2.40. The Morgan fingerprint density at radius 1 is 1.53 bits per heavy atom. The fourth-order valence-corrected chi connectivity index (χ4v) is 2.39. The summed E-state index contributed by atoms with van der Waals surface area (Å²) in [4.78, 5) is 14.1. The van der Waals surface area contributed by atoms with Crippen LogP contribution in [-0.4, -0.2) is 23.3 Å². The van der Waals surface area contributed by atoms with E-state index >= 15 is 0 Å². The highest BCUT2D eigenvalue weighted by Gasteiger charge is 2.26. The van der Waals surface area contributed by atoms with Crippen LogP contribution in [0.1, 0.15) is 17.0 Å². The lowest BCUT2D eigenvalue weighted by atomic mass is 9.97. The minimum atomic E-state index is -0.114. The molecule has 0 saturated heterocycles. The topological polar surface area (TPSA) is 62.3 Å². The number of rotatable bonds is 1. The molecule has 1 unspecified atom stereocenters. The van der Waals surface area contributed by atoms with E-state index in [-0.39, 0.29) is 18.1 Å². The van der Waals surface area contributed by atoms with Gasteiger partial charge in [0.1, 0.15) is 5.75 Å². The number of aliphatic hydroxyl groups is 1. The molecule has 4 heteroatoms. The molecule has 0 radical (unpaired) electrons. The molecule has 88 valence electrons. The zero-order valence-electron chi connectivity index (χ0n) is 9.49. The zero-order chi connectivity index (χ0) is 12.0. The molecule has 0 bridgehead atoms. The Morgan fingerprint density at radius 2 is 2.35 bits per heavy atom. The van der Waals surface area contributed by atoms with Gasteiger partial charge in [-0.2, -0.15) is 0 Å². The van der Waals surface area contributed by atoms with Gasteiger partial charge in [0.15, 0.2) is 0 Å². The molecule has 17 heavy (non-hydrogen) atoms. The monoisotopic (exact) mass is 231 g/mol. The molecule has 2 heterocycles. The van der Waals surface area contributed by atoms with Gasteiger partial charge < -0.3 is 14.8 Å². The van der Waals surface area contributed by atoms with E-state index in [0.29, 0.717) is 6.61 Å². The Labute approximate surface area is 97.9 Å². The van der Waals surface area contributed by atoms with Crippen LogP contribution in [0.25, 0.3) is 10.9 Å². The largest absolute Gasteiger partial charge is 0.492 e. The summed E-state index contributed by atoms with van der Waals surface area (Å²) in [5.74, 6) is 0.834. The first-order valence-electron chi connectivity index (χ1n) is 5.61. The van der Waals surface area contributed by atoms with Gasteiger partial charge in [-0.05, 0) is 24.6 Å². The Balaban J connectivity index is 2.37. The maximum atomic E-state index is 11.3. The van der Waals surface area contributed by atoms with Gasteiger partial charge in [-0.25, -0.2) is 0 Å². The highest BCUT2D eigenvalue weighted by atomic mass is 16.5. The summed E-state index contributed by atoms with van der Waals surface area (Å²) < 4.78 is 5.63. The van der Waals surface area contributed by atoms with Crippen molar-refractivity contribution in [1.82, 2.24) is 4.98 Å². The second-order valence-electron chi connectivity index (χ2n) is 4.41. The molecule has 2 aromatic rings. The minimum absolute atomic E-state index is 0.0417. The summed E-state index contributed by atoms with van der Waals surface area (Å²) in [6, 6.07) is 5.26. The number of hydrogen-bond acceptors (Lipinski definition) is 3. The Morgan fingerprint density at radius 3 is 3.12 bits per heavy atom. The molecule has 1 aromatic heterocycles. The van der Waals surface area contributed by atoms with Gasteiger partial charge in [-0.3, -0.25) is 4.79 Å². The molecule has 1 aliphatic rings. The fourth-order valence-electron chi connectivity index (χ4n) is 2.39. The van der Waals surface area contributed by atoms with Gasteiger partial charge in [-0.1, -0.05) is 0 Å². The summed E-state index contributed by atoms with van der Waals surface area (Å²) in [7, 11) is 0. The first-order valence-corrected chi connectivity index (χ1v) is 5.61. The summed E-state index contributed by atoms with van der Waals surface area (Å²) in [5, 5.41) is 10.2. The minimum Gasteiger partial charge on any atom is -0.492 e. The van der Waals surface area contributed by atoms with E-state index in [2.05, 4.69) is 4.98 Å². The Bertz CT molecular complexity index is 645. The molecule has 1 aromatic carbocycles. The van der Waals surface area contributed by atoms with Crippen molar-refractivity contribution in [2.45, 2.75) is 12.8 Å². The average Bonchev–Trinajstić information content (AvgIpc) is 2.72. The number of aromatic amines is 1. The number of hydrogen-bond donors (Lipinski definition) is 2. The van der Waals surface area contributed by atoms with Crippen LogP contribution in [0.4, 0.5) is 0 Å². The van der Waals surface area contributed by atoms with Gasteiger partial charge in [0.05, 0.1) is 18.7 Å². The lowest BCUT2D eigenvalue weighted by Crippen LogP contribution is -2.05. The smallest absolute Gasteiger partial charge is 0.248 e. The van der Waals surface area contributed by atoms with Crippen molar-refractivity contribution >= 4 is 10.9 Å². The highest BCUT2D eigenvalue weighted by molar-refractivity contribution is 5.89. The van der Waals surface area contributed by atoms with Crippen molar-refractivity contribution in [3.05, 3.63) is 39.7 Å². The molecular formula is C13H13NO3. The molecule has 1 atom stereocenters. The second kappa shape index (κ2) is 3.60. The molecule has 4 nitrogen and oxygen atoms in total. The Kier molecular flexibility index (Phi) is 2.19. The number of pyridine rings is 1. The average molecular weight is 231 g/mol. The SMILES string of the molecule is Cc1cc2c(c3ccc(=O)[nH]c13)OCC2CO. The van der Waals surface area contributed by atoms with Crippen LogP contribution in [0.3, 0.4) is 0 Å². The van der Waals surface area contributed by atoms with Gasteiger partial charge in [0.25, 0.3) is 0 Å². The molecule has 0 saturated carbocycles. The summed E-state index contributed by atoms with van der Waals surface area (Å²) >= 11 is 0. The first-order chi connectivity index (χ1) is 8.20. The molecule has 0 aliphatic carbocycles. The fraction of sp³-hybridized carbons (Fsp3) is 0.308. The van der Waals surface area contributed by atoms with Gasteiger partial charge >= 0.3 is 0 Å². The number of fused-ring (bicyclic) bond motifs is 3. The van der Waals surface area contributed by atoms with Crippen molar-refractivity contribution in [2.24, 2.45) is 0 Å². The third-order valence-electron chi connectivity index (χ3n) is 3.28. The van der Waals surface area contributed by atoms with Crippen molar-refractivity contribution in [3.8, 4) is 5.75 Å². The van der Waals surface area contributed by atoms with E-state index in [0.717, 1.165) is 27.8 Å². The molecule has 2 N–H and O–H groups in total. The predicted molar refractivity (Wildman–Crippen MR) is 64.6 cm³/mol. The van der Waals surface area contributed by atoms with Crippen LogP contribution in [0.2, 0.25) is 0 Å².